The van der Waals surface area contributed by atoms with E-state index in [0.29, 0.717) is 0 Å². The number of carboxylic acid groups (broad SMARTS) is 1. The van der Waals surface area contributed by atoms with Crippen LogP contribution < -0.4 is 0 Å². The van der Waals surface area contributed by atoms with Gasteiger partial charge >= 0.3 is 5.97 Å². The minimum atomic E-state index is -0.979. The molecule has 0 aliphatic rings. The highest BCUT2D eigenvalue weighted by molar-refractivity contribution is 5.84. The van der Waals surface area contributed by atoms with E-state index >= 15 is 0 Å². The maximum Gasteiger partial charge on any atom is 0.356 e. The summed E-state index contributed by atoms with van der Waals surface area (Å²) in [6, 6.07) is 0. The van der Waals surface area contributed by atoms with Crippen molar-refractivity contribution in [2.75, 3.05) is 0 Å². The summed E-state index contributed by atoms with van der Waals surface area (Å²) in [7, 11) is 0. The average Bonchev–Trinajstić information content (AvgIpc) is 2.34. The lowest BCUT2D eigenvalue weighted by atomic mass is 10.5. The van der Waals surface area contributed by atoms with E-state index in [0.717, 1.165) is 6.54 Å². The Hall–Kier alpha value is -1.32. The summed E-state index contributed by atoms with van der Waals surface area (Å²) in [4.78, 5) is 13.9. The smallest absolute Gasteiger partial charge is 0.356 e. The Morgan fingerprint density at radius 3 is 2.90 bits per heavy atom. The quantitative estimate of drug-likeness (QED) is 0.654. The second-order valence-electron chi connectivity index (χ2n) is 1.89. The molecule has 0 spiro atoms. The SMILES string of the molecule is CCn1cnc(C(=O)O)c1. The van der Waals surface area contributed by atoms with E-state index in [9.17, 15) is 4.79 Å². The summed E-state index contributed by atoms with van der Waals surface area (Å²) in [5.74, 6) is -0.979. The van der Waals surface area contributed by atoms with Gasteiger partial charge in [-0.05, 0) is 6.92 Å². The van der Waals surface area contributed by atoms with Crippen LogP contribution in [0, 0.1) is 0 Å². The molecule has 1 heterocycles. The van der Waals surface area contributed by atoms with Gasteiger partial charge in [0.05, 0.1) is 6.33 Å². The van der Waals surface area contributed by atoms with Crippen LogP contribution in [-0.4, -0.2) is 20.6 Å². The van der Waals surface area contributed by atoms with Crippen LogP contribution in [0.15, 0.2) is 12.5 Å². The lowest BCUT2D eigenvalue weighted by Gasteiger charge is -1.89. The Kier molecular flexibility index (Phi) is 1.71. The Bertz CT molecular complexity index is 242. The van der Waals surface area contributed by atoms with Gasteiger partial charge in [0.1, 0.15) is 0 Å². The number of aromatic carboxylic acids is 1. The van der Waals surface area contributed by atoms with E-state index < -0.39 is 5.97 Å². The molecule has 0 aliphatic heterocycles. The molecule has 0 saturated heterocycles. The third kappa shape index (κ3) is 1.15. The monoisotopic (exact) mass is 140 g/mol. The first-order valence-corrected chi connectivity index (χ1v) is 2.99. The van der Waals surface area contributed by atoms with Crippen molar-refractivity contribution in [1.29, 1.82) is 0 Å². The fourth-order valence-corrected chi connectivity index (χ4v) is 0.643. The number of hydrogen-bond acceptors (Lipinski definition) is 2. The molecule has 4 nitrogen and oxygen atoms in total. The predicted octanol–water partition coefficient (Wildman–Crippen LogP) is 0.601. The lowest BCUT2D eigenvalue weighted by Crippen LogP contribution is -1.95. The second-order valence-corrected chi connectivity index (χ2v) is 1.89. The van der Waals surface area contributed by atoms with Gasteiger partial charge in [0.25, 0.3) is 0 Å². The van der Waals surface area contributed by atoms with E-state index in [4.69, 9.17) is 5.11 Å². The van der Waals surface area contributed by atoms with Gasteiger partial charge in [0.2, 0.25) is 0 Å². The highest BCUT2D eigenvalue weighted by atomic mass is 16.4. The minimum absolute atomic E-state index is 0.0989. The molecule has 0 aliphatic carbocycles. The molecule has 10 heavy (non-hydrogen) atoms. The van der Waals surface area contributed by atoms with Gasteiger partial charge in [-0.25, -0.2) is 9.78 Å². The van der Waals surface area contributed by atoms with E-state index in [1.54, 1.807) is 4.57 Å². The number of imidazole rings is 1. The summed E-state index contributed by atoms with van der Waals surface area (Å²) in [5.41, 5.74) is 0.0989. The van der Waals surface area contributed by atoms with Crippen molar-refractivity contribution in [3.63, 3.8) is 0 Å². The van der Waals surface area contributed by atoms with Crippen molar-refractivity contribution >= 4 is 5.97 Å². The number of hydrogen-bond donors (Lipinski definition) is 1. The first-order chi connectivity index (χ1) is 4.74. The Labute approximate surface area is 58.1 Å². The van der Waals surface area contributed by atoms with Crippen molar-refractivity contribution in [2.24, 2.45) is 0 Å². The van der Waals surface area contributed by atoms with E-state index in [1.165, 1.54) is 12.5 Å². The normalized spacial score (nSPS) is 9.70. The molecule has 1 aromatic rings. The van der Waals surface area contributed by atoms with Crippen molar-refractivity contribution in [3.8, 4) is 0 Å². The fraction of sp³-hybridized carbons (Fsp3) is 0.333. The summed E-state index contributed by atoms with van der Waals surface area (Å²) in [6.45, 7) is 2.67. The van der Waals surface area contributed by atoms with Gasteiger partial charge in [-0.3, -0.25) is 0 Å². The molecular formula is C6H8N2O2. The van der Waals surface area contributed by atoms with Crippen molar-refractivity contribution < 1.29 is 9.90 Å². The molecule has 0 aromatic carbocycles. The molecule has 0 atom stereocenters. The van der Waals surface area contributed by atoms with Crippen LogP contribution in [0.3, 0.4) is 0 Å². The Morgan fingerprint density at radius 2 is 2.60 bits per heavy atom. The summed E-state index contributed by atoms with van der Waals surface area (Å²) in [5, 5.41) is 8.42. The van der Waals surface area contributed by atoms with E-state index in [2.05, 4.69) is 4.98 Å². The molecule has 0 amide bonds. The molecule has 0 bridgehead atoms. The maximum absolute atomic E-state index is 10.3. The van der Waals surface area contributed by atoms with Gasteiger partial charge in [-0.2, -0.15) is 0 Å². The zero-order valence-electron chi connectivity index (χ0n) is 5.61. The largest absolute Gasteiger partial charge is 0.476 e. The number of nitrogens with zero attached hydrogens (tertiary/aromatic N) is 2. The van der Waals surface area contributed by atoms with Crippen LogP contribution in [0.5, 0.6) is 0 Å². The number of rotatable bonds is 2. The lowest BCUT2D eigenvalue weighted by molar-refractivity contribution is 0.0691. The summed E-state index contributed by atoms with van der Waals surface area (Å²) >= 11 is 0. The molecule has 0 fully saturated rings. The standard InChI is InChI=1S/C6H8N2O2/c1-2-8-3-5(6(9)10)7-4-8/h3-4H,2H2,1H3,(H,9,10). The molecule has 1 rings (SSSR count). The minimum Gasteiger partial charge on any atom is -0.476 e. The molecule has 4 heteroatoms. The zero-order valence-corrected chi connectivity index (χ0v) is 5.61. The first kappa shape index (κ1) is 6.80. The van der Waals surface area contributed by atoms with Crippen LogP contribution in [0.2, 0.25) is 0 Å². The number of aryl methyl sites for hydroxylation is 1. The Balaban J connectivity index is 2.88. The molecule has 54 valence electrons. The van der Waals surface area contributed by atoms with Gasteiger partial charge in [-0.1, -0.05) is 0 Å². The maximum atomic E-state index is 10.3. The topological polar surface area (TPSA) is 55.1 Å². The first-order valence-electron chi connectivity index (χ1n) is 2.99. The van der Waals surface area contributed by atoms with Gasteiger partial charge < -0.3 is 9.67 Å². The van der Waals surface area contributed by atoms with Crippen LogP contribution in [-0.2, 0) is 6.54 Å². The second kappa shape index (κ2) is 2.51. The highest BCUT2D eigenvalue weighted by Crippen LogP contribution is 1.94. The van der Waals surface area contributed by atoms with Crippen LogP contribution in [0.1, 0.15) is 17.4 Å². The molecule has 0 radical (unpaired) electrons. The molecule has 0 saturated carbocycles. The van der Waals surface area contributed by atoms with Crippen LogP contribution >= 0.6 is 0 Å². The average molecular weight is 140 g/mol. The molecule has 1 aromatic heterocycles. The summed E-state index contributed by atoms with van der Waals surface area (Å²) < 4.78 is 1.71. The highest BCUT2D eigenvalue weighted by Gasteiger charge is 2.04. The molecule has 0 unspecified atom stereocenters. The number of carbonyl (C=O) groups is 1. The third-order valence-corrected chi connectivity index (χ3v) is 1.22. The molecular weight excluding hydrogens is 132 g/mol. The third-order valence-electron chi connectivity index (χ3n) is 1.22. The van der Waals surface area contributed by atoms with Crippen LogP contribution in [0.4, 0.5) is 0 Å². The summed E-state index contributed by atoms with van der Waals surface area (Å²) in [6.07, 6.45) is 3.01. The van der Waals surface area contributed by atoms with Gasteiger partial charge in [-0.15, -0.1) is 0 Å². The van der Waals surface area contributed by atoms with E-state index in [-0.39, 0.29) is 5.69 Å². The van der Waals surface area contributed by atoms with Crippen molar-refractivity contribution in [1.82, 2.24) is 9.55 Å². The van der Waals surface area contributed by atoms with E-state index in [1.807, 2.05) is 6.92 Å². The van der Waals surface area contributed by atoms with Crippen molar-refractivity contribution in [2.45, 2.75) is 13.5 Å². The zero-order chi connectivity index (χ0) is 7.56. The fourth-order valence-electron chi connectivity index (χ4n) is 0.643. The number of aromatic nitrogens is 2. The predicted molar refractivity (Wildman–Crippen MR) is 34.9 cm³/mol. The van der Waals surface area contributed by atoms with Crippen molar-refractivity contribution in [3.05, 3.63) is 18.2 Å². The van der Waals surface area contributed by atoms with Crippen LogP contribution in [0.25, 0.3) is 0 Å². The Morgan fingerprint density at radius 1 is 1.90 bits per heavy atom. The number of carboxylic acids is 1. The molecule has 1 N–H and O–H groups in total. The van der Waals surface area contributed by atoms with Gasteiger partial charge in [0.15, 0.2) is 5.69 Å². The van der Waals surface area contributed by atoms with Gasteiger partial charge in [0, 0.05) is 12.7 Å².